The van der Waals surface area contributed by atoms with E-state index in [4.69, 9.17) is 4.74 Å². The number of amides is 4. The Morgan fingerprint density at radius 3 is 2.93 bits per heavy atom. The molecule has 0 aliphatic carbocycles. The van der Waals surface area contributed by atoms with Crippen LogP contribution in [-0.2, 0) is 20.7 Å². The van der Waals surface area contributed by atoms with Crippen molar-refractivity contribution in [3.05, 3.63) is 36.0 Å². The van der Waals surface area contributed by atoms with Crippen LogP contribution in [0.25, 0.3) is 10.9 Å². The second-order valence-corrected chi connectivity index (χ2v) is 7.01. The van der Waals surface area contributed by atoms with Crippen LogP contribution >= 0.6 is 0 Å². The lowest BCUT2D eigenvalue weighted by Crippen LogP contribution is -2.49. The maximum atomic E-state index is 12.7. The molecule has 3 heterocycles. The molecule has 8 nitrogen and oxygen atoms in total. The minimum atomic E-state index is -0.659. The average Bonchev–Trinajstić information content (AvgIpc) is 3.18. The van der Waals surface area contributed by atoms with Gasteiger partial charge in [-0.25, -0.2) is 4.79 Å². The number of ether oxygens (including phenoxy) is 1. The Bertz CT molecular complexity index is 893. The largest absolute Gasteiger partial charge is 0.375 e. The highest BCUT2D eigenvalue weighted by molar-refractivity contribution is 6.06. The van der Waals surface area contributed by atoms with Gasteiger partial charge in [0, 0.05) is 36.6 Å². The van der Waals surface area contributed by atoms with Crippen molar-refractivity contribution in [2.75, 3.05) is 26.2 Å². The number of nitrogens with zero attached hydrogens (tertiary/aromatic N) is 2. The number of aromatic nitrogens is 1. The molecule has 0 saturated carbocycles. The van der Waals surface area contributed by atoms with Crippen LogP contribution in [0.2, 0.25) is 0 Å². The van der Waals surface area contributed by atoms with Crippen molar-refractivity contribution >= 4 is 28.7 Å². The van der Waals surface area contributed by atoms with Crippen LogP contribution in [0.3, 0.4) is 0 Å². The molecule has 1 aromatic heterocycles. The zero-order valence-corrected chi connectivity index (χ0v) is 15.1. The number of morpholine rings is 1. The minimum Gasteiger partial charge on any atom is -0.375 e. The van der Waals surface area contributed by atoms with Crippen molar-refractivity contribution in [2.24, 2.45) is 0 Å². The molecule has 2 aromatic rings. The number of hydrogen-bond acceptors (Lipinski definition) is 4. The third-order valence-electron chi connectivity index (χ3n) is 5.09. The molecule has 2 saturated heterocycles. The van der Waals surface area contributed by atoms with Crippen LogP contribution in [0.5, 0.6) is 0 Å². The number of benzene rings is 1. The van der Waals surface area contributed by atoms with Gasteiger partial charge >= 0.3 is 6.03 Å². The first kappa shape index (κ1) is 17.5. The van der Waals surface area contributed by atoms with E-state index in [-0.39, 0.29) is 24.5 Å². The average molecular weight is 370 g/mol. The third kappa shape index (κ3) is 3.40. The van der Waals surface area contributed by atoms with Crippen LogP contribution in [0, 0.1) is 0 Å². The van der Waals surface area contributed by atoms with Crippen molar-refractivity contribution in [3.8, 4) is 0 Å². The summed E-state index contributed by atoms with van der Waals surface area (Å²) in [6.45, 7) is 3.08. The summed E-state index contributed by atoms with van der Waals surface area (Å²) in [7, 11) is 0. The van der Waals surface area contributed by atoms with Gasteiger partial charge in [-0.15, -0.1) is 0 Å². The Labute approximate surface area is 156 Å². The maximum Gasteiger partial charge on any atom is 0.325 e. The summed E-state index contributed by atoms with van der Waals surface area (Å²) in [6, 6.07) is 6.63. The summed E-state index contributed by atoms with van der Waals surface area (Å²) >= 11 is 0. The minimum absolute atomic E-state index is 0.0413. The Balaban J connectivity index is 1.43. The lowest BCUT2D eigenvalue weighted by atomic mass is 10.1. The summed E-state index contributed by atoms with van der Waals surface area (Å²) < 4.78 is 5.42. The summed E-state index contributed by atoms with van der Waals surface area (Å²) in [5.74, 6) is -0.596. The molecule has 4 amide bonds. The molecule has 0 spiro atoms. The molecule has 2 atom stereocenters. The Morgan fingerprint density at radius 1 is 1.30 bits per heavy atom. The molecular formula is C19H22N4O4. The summed E-state index contributed by atoms with van der Waals surface area (Å²) in [4.78, 5) is 43.3. The van der Waals surface area contributed by atoms with Crippen LogP contribution in [0.4, 0.5) is 4.79 Å². The van der Waals surface area contributed by atoms with E-state index in [1.165, 1.54) is 0 Å². The first-order valence-electron chi connectivity index (χ1n) is 9.09. The van der Waals surface area contributed by atoms with Gasteiger partial charge in [0.15, 0.2) is 0 Å². The molecular weight excluding hydrogens is 348 g/mol. The van der Waals surface area contributed by atoms with Crippen molar-refractivity contribution in [2.45, 2.75) is 25.5 Å². The van der Waals surface area contributed by atoms with Gasteiger partial charge in [0.2, 0.25) is 5.91 Å². The lowest BCUT2D eigenvalue weighted by Gasteiger charge is -2.31. The molecule has 8 heteroatoms. The molecule has 0 radical (unpaired) electrons. The van der Waals surface area contributed by atoms with Crippen LogP contribution in [0.1, 0.15) is 12.5 Å². The van der Waals surface area contributed by atoms with Gasteiger partial charge in [-0.1, -0.05) is 18.2 Å². The first-order chi connectivity index (χ1) is 13.0. The van der Waals surface area contributed by atoms with Gasteiger partial charge in [0.05, 0.1) is 12.7 Å². The fourth-order valence-electron chi connectivity index (χ4n) is 3.67. The van der Waals surface area contributed by atoms with E-state index in [2.05, 4.69) is 10.3 Å². The number of H-pyrrole nitrogens is 1. The number of fused-ring (bicyclic) bond motifs is 1. The fourth-order valence-corrected chi connectivity index (χ4v) is 3.67. The highest BCUT2D eigenvalue weighted by Gasteiger charge is 2.40. The molecule has 0 unspecified atom stereocenters. The van der Waals surface area contributed by atoms with Gasteiger partial charge in [0.1, 0.15) is 12.6 Å². The number of imide groups is 1. The Kier molecular flexibility index (Phi) is 4.57. The molecule has 2 aliphatic heterocycles. The Morgan fingerprint density at radius 2 is 2.11 bits per heavy atom. The van der Waals surface area contributed by atoms with Gasteiger partial charge in [-0.05, 0) is 18.6 Å². The van der Waals surface area contributed by atoms with E-state index in [0.29, 0.717) is 26.1 Å². The Hall–Kier alpha value is -2.87. The number of carbonyl (C=O) groups is 3. The number of para-hydroxylation sites is 1. The predicted molar refractivity (Wildman–Crippen MR) is 98.0 cm³/mol. The van der Waals surface area contributed by atoms with Crippen LogP contribution in [-0.4, -0.2) is 71.0 Å². The van der Waals surface area contributed by atoms with Crippen molar-refractivity contribution in [1.29, 1.82) is 0 Å². The van der Waals surface area contributed by atoms with E-state index < -0.39 is 12.1 Å². The topological polar surface area (TPSA) is 94.7 Å². The van der Waals surface area contributed by atoms with E-state index in [1.807, 2.05) is 37.4 Å². The zero-order valence-electron chi connectivity index (χ0n) is 15.1. The molecule has 2 fully saturated rings. The van der Waals surface area contributed by atoms with E-state index in [0.717, 1.165) is 21.4 Å². The first-order valence-corrected chi connectivity index (χ1v) is 9.09. The normalized spacial score (nSPS) is 23.1. The molecule has 1 aromatic carbocycles. The molecule has 27 heavy (non-hydrogen) atoms. The molecule has 142 valence electrons. The van der Waals surface area contributed by atoms with Gasteiger partial charge < -0.3 is 19.9 Å². The van der Waals surface area contributed by atoms with E-state index in [1.54, 1.807) is 4.90 Å². The number of aromatic amines is 1. The smallest absolute Gasteiger partial charge is 0.325 e. The number of nitrogens with one attached hydrogen (secondary N) is 2. The second kappa shape index (κ2) is 7.03. The fraction of sp³-hybridized carbons (Fsp3) is 0.421. The number of urea groups is 1. The van der Waals surface area contributed by atoms with Crippen molar-refractivity contribution < 1.29 is 19.1 Å². The van der Waals surface area contributed by atoms with Gasteiger partial charge in [-0.2, -0.15) is 0 Å². The zero-order chi connectivity index (χ0) is 19.0. The highest BCUT2D eigenvalue weighted by atomic mass is 16.5. The van der Waals surface area contributed by atoms with E-state index in [9.17, 15) is 14.4 Å². The van der Waals surface area contributed by atoms with E-state index >= 15 is 0 Å². The lowest BCUT2D eigenvalue weighted by molar-refractivity contribution is -0.142. The van der Waals surface area contributed by atoms with Crippen LogP contribution in [0.15, 0.2) is 30.5 Å². The third-order valence-corrected chi connectivity index (χ3v) is 5.09. The highest BCUT2D eigenvalue weighted by Crippen LogP contribution is 2.21. The molecule has 0 bridgehead atoms. The molecule has 4 rings (SSSR count). The SMILES string of the molecule is C[C@@H]1CN(C(=O)CN2C(=O)N[C@H](Cc3c[nH]c4ccccc34)C2=O)CCO1. The number of carbonyl (C=O) groups excluding carboxylic acids is 3. The molecule has 2 N–H and O–H groups in total. The van der Waals surface area contributed by atoms with Gasteiger partial charge in [0.25, 0.3) is 5.91 Å². The van der Waals surface area contributed by atoms with Crippen molar-refractivity contribution in [3.63, 3.8) is 0 Å². The number of hydrogen-bond donors (Lipinski definition) is 2. The summed E-state index contributed by atoms with van der Waals surface area (Å²) in [5.41, 5.74) is 1.94. The van der Waals surface area contributed by atoms with Crippen molar-refractivity contribution in [1.82, 2.24) is 20.1 Å². The number of rotatable bonds is 4. The standard InChI is InChI=1S/C19H22N4O4/c1-12-10-22(6-7-27-12)17(24)11-23-18(25)16(21-19(23)26)8-13-9-20-15-5-3-2-4-14(13)15/h2-5,9,12,16,20H,6-8,10-11H2,1H3,(H,21,26)/t12-,16-/m1/s1. The monoisotopic (exact) mass is 370 g/mol. The van der Waals surface area contributed by atoms with Crippen LogP contribution < -0.4 is 5.32 Å². The molecule has 2 aliphatic rings. The summed E-state index contributed by atoms with van der Waals surface area (Å²) in [5, 5.41) is 3.73. The quantitative estimate of drug-likeness (QED) is 0.781. The summed E-state index contributed by atoms with van der Waals surface area (Å²) in [6.07, 6.45) is 2.20. The van der Waals surface area contributed by atoms with Gasteiger partial charge in [-0.3, -0.25) is 14.5 Å². The second-order valence-electron chi connectivity index (χ2n) is 7.01. The predicted octanol–water partition coefficient (Wildman–Crippen LogP) is 0.878. The maximum absolute atomic E-state index is 12.7.